The fourth-order valence-electron chi connectivity index (χ4n) is 3.58. The van der Waals surface area contributed by atoms with E-state index in [1.165, 1.54) is 23.1 Å². The van der Waals surface area contributed by atoms with E-state index in [4.69, 9.17) is 16.3 Å². The van der Waals surface area contributed by atoms with Crippen molar-refractivity contribution in [1.29, 1.82) is 0 Å². The zero-order valence-electron chi connectivity index (χ0n) is 13.5. The van der Waals surface area contributed by atoms with E-state index >= 15 is 0 Å². The first-order chi connectivity index (χ1) is 12.4. The number of halogens is 2. The van der Waals surface area contributed by atoms with E-state index in [1.54, 1.807) is 12.1 Å². The van der Waals surface area contributed by atoms with Crippen molar-refractivity contribution in [2.24, 2.45) is 0 Å². The fourth-order valence-corrected chi connectivity index (χ4v) is 3.70. The molecule has 0 bridgehead atoms. The molecule has 0 radical (unpaired) electrons. The number of carboxylic acids is 1. The van der Waals surface area contributed by atoms with Crippen LogP contribution in [0.2, 0.25) is 5.02 Å². The van der Waals surface area contributed by atoms with Crippen LogP contribution >= 0.6 is 11.6 Å². The Morgan fingerprint density at radius 3 is 2.65 bits per heavy atom. The summed E-state index contributed by atoms with van der Waals surface area (Å²) in [6.07, 6.45) is 0.781. The van der Waals surface area contributed by atoms with Crippen LogP contribution in [0, 0.1) is 5.82 Å². The van der Waals surface area contributed by atoms with Gasteiger partial charge in [0.2, 0.25) is 5.91 Å². The number of carbonyl (C=O) groups excluding carboxylic acids is 1. The van der Waals surface area contributed by atoms with Crippen molar-refractivity contribution in [2.45, 2.75) is 18.3 Å². The summed E-state index contributed by atoms with van der Waals surface area (Å²) in [7, 11) is 0. The molecule has 8 heteroatoms. The standard InChI is InChI=1S/C18H14ClFN2O4/c19-11-2-1-10(9-12(11)20)22-14-4-3-13(16(23)24)21-15(14)18(17(22)25)5-7-26-8-6-18/h1-4,9H,5-8H2,(H,23,24). The first-order valence-electron chi connectivity index (χ1n) is 8.06. The number of hydrogen-bond acceptors (Lipinski definition) is 4. The molecule has 4 rings (SSSR count). The summed E-state index contributed by atoms with van der Waals surface area (Å²) in [4.78, 5) is 30.3. The molecule has 1 aromatic carbocycles. The Balaban J connectivity index is 1.91. The third-order valence-corrected chi connectivity index (χ3v) is 5.21. The van der Waals surface area contributed by atoms with Crippen molar-refractivity contribution in [3.8, 4) is 0 Å². The van der Waals surface area contributed by atoms with Crippen molar-refractivity contribution in [1.82, 2.24) is 4.98 Å². The van der Waals surface area contributed by atoms with Gasteiger partial charge in [-0.25, -0.2) is 14.2 Å². The van der Waals surface area contributed by atoms with Gasteiger partial charge in [-0.15, -0.1) is 0 Å². The highest BCUT2D eigenvalue weighted by molar-refractivity contribution is 6.30. The van der Waals surface area contributed by atoms with Crippen LogP contribution in [-0.4, -0.2) is 35.2 Å². The Morgan fingerprint density at radius 2 is 2.00 bits per heavy atom. The molecular weight excluding hydrogens is 363 g/mol. The highest BCUT2D eigenvalue weighted by atomic mass is 35.5. The number of nitrogens with zero attached hydrogens (tertiary/aromatic N) is 2. The molecule has 1 spiro atoms. The van der Waals surface area contributed by atoms with Gasteiger partial charge in [-0.2, -0.15) is 0 Å². The smallest absolute Gasteiger partial charge is 0.354 e. The summed E-state index contributed by atoms with van der Waals surface area (Å²) in [6.45, 7) is 0.736. The number of benzene rings is 1. The molecule has 1 saturated heterocycles. The van der Waals surface area contributed by atoms with E-state index in [1.807, 2.05) is 0 Å². The normalized spacial score (nSPS) is 18.2. The molecule has 1 N–H and O–H groups in total. The fraction of sp³-hybridized carbons (Fsp3) is 0.278. The maximum absolute atomic E-state index is 14.0. The molecular formula is C18H14ClFN2O4. The van der Waals surface area contributed by atoms with Gasteiger partial charge in [-0.05, 0) is 43.2 Å². The molecule has 3 heterocycles. The first-order valence-corrected chi connectivity index (χ1v) is 8.44. The Kier molecular flexibility index (Phi) is 3.93. The largest absolute Gasteiger partial charge is 0.477 e. The maximum atomic E-state index is 14.0. The molecule has 26 heavy (non-hydrogen) atoms. The topological polar surface area (TPSA) is 79.7 Å². The molecule has 2 aromatic rings. The van der Waals surface area contributed by atoms with E-state index in [0.29, 0.717) is 43.1 Å². The minimum atomic E-state index is -1.17. The number of ether oxygens (including phenoxy) is 1. The zero-order chi connectivity index (χ0) is 18.5. The number of rotatable bonds is 2. The summed E-state index contributed by atoms with van der Waals surface area (Å²) < 4.78 is 19.3. The molecule has 6 nitrogen and oxygen atoms in total. The molecule has 0 aliphatic carbocycles. The van der Waals surface area contributed by atoms with E-state index in [0.717, 1.165) is 0 Å². The predicted octanol–water partition coefficient (Wildman–Crippen LogP) is 3.30. The Hall–Kier alpha value is -2.51. The van der Waals surface area contributed by atoms with Crippen LogP contribution < -0.4 is 4.90 Å². The van der Waals surface area contributed by atoms with Crippen LogP contribution in [0.4, 0.5) is 15.8 Å². The van der Waals surface area contributed by atoms with Crippen molar-refractivity contribution in [3.05, 3.63) is 52.6 Å². The van der Waals surface area contributed by atoms with Gasteiger partial charge in [-0.1, -0.05) is 11.6 Å². The monoisotopic (exact) mass is 376 g/mol. The zero-order valence-corrected chi connectivity index (χ0v) is 14.3. The molecule has 0 unspecified atom stereocenters. The minimum Gasteiger partial charge on any atom is -0.477 e. The van der Waals surface area contributed by atoms with Gasteiger partial charge in [0.05, 0.1) is 27.5 Å². The summed E-state index contributed by atoms with van der Waals surface area (Å²) in [5.74, 6) is -2.06. The molecule has 1 fully saturated rings. The van der Waals surface area contributed by atoms with E-state index in [9.17, 15) is 19.1 Å². The van der Waals surface area contributed by atoms with E-state index in [2.05, 4.69) is 4.98 Å². The Morgan fingerprint density at radius 1 is 1.27 bits per heavy atom. The number of fused-ring (bicyclic) bond motifs is 2. The average Bonchev–Trinajstić information content (AvgIpc) is 2.86. The number of carbonyl (C=O) groups is 2. The van der Waals surface area contributed by atoms with Crippen LogP contribution in [-0.2, 0) is 14.9 Å². The van der Waals surface area contributed by atoms with E-state index in [-0.39, 0.29) is 16.6 Å². The maximum Gasteiger partial charge on any atom is 0.354 e. The third-order valence-electron chi connectivity index (χ3n) is 4.91. The van der Waals surface area contributed by atoms with E-state index < -0.39 is 17.2 Å². The first kappa shape index (κ1) is 16.9. The lowest BCUT2D eigenvalue weighted by Gasteiger charge is -2.31. The van der Waals surface area contributed by atoms with Gasteiger partial charge in [0.25, 0.3) is 0 Å². The van der Waals surface area contributed by atoms with Crippen molar-refractivity contribution in [2.75, 3.05) is 18.1 Å². The second-order valence-corrected chi connectivity index (χ2v) is 6.71. The minimum absolute atomic E-state index is 0.0410. The van der Waals surface area contributed by atoms with Gasteiger partial charge in [0.15, 0.2) is 0 Å². The van der Waals surface area contributed by atoms with Crippen LogP contribution in [0.1, 0.15) is 29.0 Å². The summed E-state index contributed by atoms with van der Waals surface area (Å²) >= 11 is 5.75. The number of aromatic nitrogens is 1. The lowest BCUT2D eigenvalue weighted by molar-refractivity contribution is -0.126. The van der Waals surface area contributed by atoms with Crippen LogP contribution in [0.25, 0.3) is 0 Å². The Labute approximate surface area is 153 Å². The number of anilines is 2. The molecule has 1 amide bonds. The van der Waals surface area contributed by atoms with Crippen LogP contribution in [0.15, 0.2) is 30.3 Å². The van der Waals surface area contributed by atoms with Gasteiger partial charge < -0.3 is 9.84 Å². The van der Waals surface area contributed by atoms with Crippen molar-refractivity contribution in [3.63, 3.8) is 0 Å². The number of aromatic carboxylic acids is 1. The summed E-state index contributed by atoms with van der Waals surface area (Å²) in [5.41, 5.74) is 0.0948. The van der Waals surface area contributed by atoms with Gasteiger partial charge in [0.1, 0.15) is 11.5 Å². The lowest BCUT2D eigenvalue weighted by Crippen LogP contribution is -2.43. The number of amides is 1. The third kappa shape index (κ3) is 2.39. The predicted molar refractivity (Wildman–Crippen MR) is 91.5 cm³/mol. The summed E-state index contributed by atoms with van der Waals surface area (Å²) in [5, 5.41) is 9.23. The molecule has 1 aromatic heterocycles. The van der Waals surface area contributed by atoms with Crippen LogP contribution in [0.5, 0.6) is 0 Å². The number of hydrogen-bond donors (Lipinski definition) is 1. The molecule has 0 saturated carbocycles. The quantitative estimate of drug-likeness (QED) is 0.869. The molecule has 0 atom stereocenters. The molecule has 2 aliphatic rings. The highest BCUT2D eigenvalue weighted by Crippen LogP contribution is 2.49. The van der Waals surface area contributed by atoms with Gasteiger partial charge in [-0.3, -0.25) is 9.69 Å². The number of pyridine rings is 1. The van der Waals surface area contributed by atoms with Crippen molar-refractivity contribution < 1.29 is 23.8 Å². The highest BCUT2D eigenvalue weighted by Gasteiger charge is 2.53. The molecule has 2 aliphatic heterocycles. The summed E-state index contributed by atoms with van der Waals surface area (Å²) in [6, 6.07) is 7.00. The second-order valence-electron chi connectivity index (χ2n) is 6.30. The Bertz CT molecular complexity index is 927. The SMILES string of the molecule is O=C(O)c1ccc2c(n1)C1(CCOCC1)C(=O)N2c1ccc(Cl)c(F)c1. The average molecular weight is 377 g/mol. The van der Waals surface area contributed by atoms with Crippen LogP contribution in [0.3, 0.4) is 0 Å². The second kappa shape index (κ2) is 6.03. The van der Waals surface area contributed by atoms with Gasteiger partial charge >= 0.3 is 5.97 Å². The van der Waals surface area contributed by atoms with Gasteiger partial charge in [0, 0.05) is 13.2 Å². The van der Waals surface area contributed by atoms with Crippen molar-refractivity contribution >= 4 is 34.9 Å². The lowest BCUT2D eigenvalue weighted by atomic mass is 9.78. The number of carboxylic acid groups (broad SMARTS) is 1. The molecule has 134 valence electrons.